The van der Waals surface area contributed by atoms with Crippen LogP contribution in [0.25, 0.3) is 10.2 Å². The molecule has 1 amide bonds. The van der Waals surface area contributed by atoms with E-state index in [0.717, 1.165) is 10.4 Å². The van der Waals surface area contributed by atoms with Crippen molar-refractivity contribution in [3.63, 3.8) is 0 Å². The molecule has 1 aromatic carbocycles. The maximum absolute atomic E-state index is 12.6. The van der Waals surface area contributed by atoms with Crippen molar-refractivity contribution < 1.29 is 14.6 Å². The number of aromatic nitrogens is 2. The van der Waals surface area contributed by atoms with Crippen molar-refractivity contribution in [1.29, 1.82) is 0 Å². The fourth-order valence-corrected chi connectivity index (χ4v) is 3.51. The second kappa shape index (κ2) is 7.58. The van der Waals surface area contributed by atoms with Crippen LogP contribution in [0.5, 0.6) is 11.5 Å². The van der Waals surface area contributed by atoms with E-state index in [1.54, 1.807) is 12.1 Å². The number of phenolic OH excluding ortho intramolecular Hbond substituents is 1. The molecule has 0 radical (unpaired) electrons. The van der Waals surface area contributed by atoms with E-state index >= 15 is 0 Å². The Bertz CT molecular complexity index is 1100. The number of hydrogen-bond donors (Lipinski definition) is 2. The molecule has 140 valence electrons. The fraction of sp³-hybridized carbons (Fsp3) is 0.222. The van der Waals surface area contributed by atoms with Crippen molar-refractivity contribution in [2.75, 3.05) is 7.11 Å². The van der Waals surface area contributed by atoms with Crippen LogP contribution >= 0.6 is 11.3 Å². The number of hydrogen-bond acceptors (Lipinski definition) is 7. The average Bonchev–Trinajstić information content (AvgIpc) is 2.93. The molecular formula is C18H18N4O4S. The summed E-state index contributed by atoms with van der Waals surface area (Å²) in [5, 5.41) is 14.0. The van der Waals surface area contributed by atoms with Gasteiger partial charge in [-0.3, -0.25) is 14.2 Å². The maximum Gasteiger partial charge on any atom is 0.262 e. The number of methoxy groups -OCH3 is 1. The quantitative estimate of drug-likeness (QED) is 0.515. The van der Waals surface area contributed by atoms with E-state index in [1.807, 2.05) is 13.8 Å². The first kappa shape index (κ1) is 18.6. The van der Waals surface area contributed by atoms with Crippen LogP contribution in [0.3, 0.4) is 0 Å². The molecule has 2 heterocycles. The topological polar surface area (TPSA) is 106 Å². The molecule has 9 heteroatoms. The molecule has 2 aromatic heterocycles. The van der Waals surface area contributed by atoms with Crippen molar-refractivity contribution in [2.24, 2.45) is 5.10 Å². The Morgan fingerprint density at radius 2 is 2.22 bits per heavy atom. The molecule has 3 aromatic rings. The van der Waals surface area contributed by atoms with E-state index in [4.69, 9.17) is 4.74 Å². The van der Waals surface area contributed by atoms with Gasteiger partial charge in [-0.05, 0) is 43.2 Å². The van der Waals surface area contributed by atoms with E-state index in [-0.39, 0.29) is 17.9 Å². The predicted octanol–water partition coefficient (Wildman–Crippen LogP) is 1.94. The molecule has 0 aliphatic rings. The van der Waals surface area contributed by atoms with Crippen molar-refractivity contribution >= 4 is 33.7 Å². The van der Waals surface area contributed by atoms with Gasteiger partial charge < -0.3 is 9.84 Å². The summed E-state index contributed by atoms with van der Waals surface area (Å²) in [5.41, 5.74) is 3.65. The highest BCUT2D eigenvalue weighted by Crippen LogP contribution is 2.26. The van der Waals surface area contributed by atoms with Gasteiger partial charge >= 0.3 is 0 Å². The molecule has 8 nitrogen and oxygen atoms in total. The van der Waals surface area contributed by atoms with Crippen LogP contribution in [0.2, 0.25) is 0 Å². The zero-order chi connectivity index (χ0) is 19.6. The third kappa shape index (κ3) is 3.82. The van der Waals surface area contributed by atoms with Gasteiger partial charge in [0.25, 0.3) is 11.5 Å². The molecule has 27 heavy (non-hydrogen) atoms. The summed E-state index contributed by atoms with van der Waals surface area (Å²) >= 11 is 1.46. The Hall–Kier alpha value is -3.20. The zero-order valence-electron chi connectivity index (χ0n) is 15.0. The van der Waals surface area contributed by atoms with Gasteiger partial charge in [-0.25, -0.2) is 10.4 Å². The van der Waals surface area contributed by atoms with Gasteiger partial charge in [-0.1, -0.05) is 0 Å². The van der Waals surface area contributed by atoms with Gasteiger partial charge in [0.1, 0.15) is 11.4 Å². The number of carbonyl (C=O) groups is 1. The zero-order valence-corrected chi connectivity index (χ0v) is 15.8. The molecule has 0 spiro atoms. The van der Waals surface area contributed by atoms with Crippen molar-refractivity contribution in [2.45, 2.75) is 20.4 Å². The van der Waals surface area contributed by atoms with E-state index < -0.39 is 5.91 Å². The lowest BCUT2D eigenvalue weighted by atomic mass is 10.2. The molecule has 0 aliphatic heterocycles. The molecule has 0 unspecified atom stereocenters. The maximum atomic E-state index is 12.6. The van der Waals surface area contributed by atoms with Crippen LogP contribution in [0.15, 0.2) is 34.4 Å². The molecule has 0 fully saturated rings. The Morgan fingerprint density at radius 3 is 2.96 bits per heavy atom. The number of amides is 1. The molecule has 0 atom stereocenters. The largest absolute Gasteiger partial charge is 0.504 e. The molecule has 0 aliphatic carbocycles. The highest BCUT2D eigenvalue weighted by atomic mass is 32.1. The van der Waals surface area contributed by atoms with E-state index in [9.17, 15) is 14.7 Å². The molecule has 0 saturated heterocycles. The summed E-state index contributed by atoms with van der Waals surface area (Å²) in [6, 6.07) is 4.67. The Labute approximate surface area is 158 Å². The summed E-state index contributed by atoms with van der Waals surface area (Å²) < 4.78 is 6.27. The fourth-order valence-electron chi connectivity index (χ4n) is 2.53. The van der Waals surface area contributed by atoms with Crippen LogP contribution in [-0.2, 0) is 11.3 Å². The van der Waals surface area contributed by atoms with Gasteiger partial charge in [-0.15, -0.1) is 11.3 Å². The van der Waals surface area contributed by atoms with E-state index in [1.165, 1.54) is 41.6 Å². The van der Waals surface area contributed by atoms with Crippen LogP contribution in [0.1, 0.15) is 16.0 Å². The summed E-state index contributed by atoms with van der Waals surface area (Å²) in [6.45, 7) is 3.62. The first-order valence-electron chi connectivity index (χ1n) is 8.04. The number of thiophene rings is 1. The first-order valence-corrected chi connectivity index (χ1v) is 8.86. The molecule has 2 N–H and O–H groups in total. The molecule has 0 saturated carbocycles. The number of phenols is 1. The Balaban J connectivity index is 1.71. The third-order valence-electron chi connectivity index (χ3n) is 4.08. The Morgan fingerprint density at radius 1 is 1.44 bits per heavy atom. The highest BCUT2D eigenvalue weighted by molar-refractivity contribution is 7.18. The lowest BCUT2D eigenvalue weighted by molar-refractivity contribution is -0.121. The van der Waals surface area contributed by atoms with Crippen LogP contribution in [-0.4, -0.2) is 33.9 Å². The van der Waals surface area contributed by atoms with Crippen molar-refractivity contribution in [3.05, 3.63) is 50.9 Å². The number of aryl methyl sites for hydroxylation is 2. The summed E-state index contributed by atoms with van der Waals surface area (Å²) in [4.78, 5) is 30.6. The van der Waals surface area contributed by atoms with Crippen LogP contribution in [0, 0.1) is 13.8 Å². The minimum atomic E-state index is -0.454. The van der Waals surface area contributed by atoms with Crippen LogP contribution in [0.4, 0.5) is 0 Å². The lowest BCUT2D eigenvalue weighted by Gasteiger charge is -2.05. The average molecular weight is 386 g/mol. The van der Waals surface area contributed by atoms with Gasteiger partial charge in [0.05, 0.1) is 25.0 Å². The number of fused-ring (bicyclic) bond motifs is 1. The number of aromatic hydroxyl groups is 1. The smallest absolute Gasteiger partial charge is 0.262 e. The van der Waals surface area contributed by atoms with Crippen LogP contribution < -0.4 is 15.7 Å². The number of hydrazone groups is 1. The van der Waals surface area contributed by atoms with E-state index in [2.05, 4.69) is 15.5 Å². The lowest BCUT2D eigenvalue weighted by Crippen LogP contribution is -2.30. The number of nitrogens with one attached hydrogen (secondary N) is 1. The second-order valence-electron chi connectivity index (χ2n) is 5.87. The number of ether oxygens (including phenoxy) is 1. The minimum Gasteiger partial charge on any atom is -0.504 e. The highest BCUT2D eigenvalue weighted by Gasteiger charge is 2.13. The van der Waals surface area contributed by atoms with Crippen molar-refractivity contribution in [3.8, 4) is 11.5 Å². The SMILES string of the molecule is COc1cc(C=NNC(=O)Cn2cnc3sc(C)c(C)c3c2=O)ccc1O. The second-order valence-corrected chi connectivity index (χ2v) is 7.07. The molecular weight excluding hydrogens is 368 g/mol. The van der Waals surface area contributed by atoms with Gasteiger partial charge in [0.2, 0.25) is 0 Å². The summed E-state index contributed by atoms with van der Waals surface area (Å²) in [7, 11) is 1.44. The normalized spacial score (nSPS) is 11.2. The molecule has 3 rings (SSSR count). The third-order valence-corrected chi connectivity index (χ3v) is 5.19. The predicted molar refractivity (Wildman–Crippen MR) is 104 cm³/mol. The molecule has 0 bridgehead atoms. The standard InChI is InChI=1S/C18H18N4O4S/c1-10-11(2)27-17-16(10)18(25)22(9-19-17)8-15(24)21-20-7-12-4-5-13(23)14(6-12)26-3/h4-7,9,23H,8H2,1-3H3,(H,21,24). The summed E-state index contributed by atoms with van der Waals surface area (Å²) in [6.07, 6.45) is 2.78. The minimum absolute atomic E-state index is 0.0138. The van der Waals surface area contributed by atoms with Gasteiger partial charge in [-0.2, -0.15) is 5.10 Å². The van der Waals surface area contributed by atoms with Gasteiger partial charge in [0, 0.05) is 4.88 Å². The van der Waals surface area contributed by atoms with Gasteiger partial charge in [0.15, 0.2) is 11.5 Å². The Kier molecular flexibility index (Phi) is 5.22. The number of benzene rings is 1. The summed E-state index contributed by atoms with van der Waals surface area (Å²) in [5.74, 6) is -0.137. The van der Waals surface area contributed by atoms with E-state index in [0.29, 0.717) is 21.5 Å². The monoisotopic (exact) mass is 386 g/mol. The number of rotatable bonds is 5. The van der Waals surface area contributed by atoms with Crippen molar-refractivity contribution in [1.82, 2.24) is 15.0 Å². The first-order chi connectivity index (χ1) is 12.9. The number of nitrogens with zero attached hydrogens (tertiary/aromatic N) is 3. The number of carbonyl (C=O) groups excluding carboxylic acids is 1.